The molecule has 0 aliphatic heterocycles. The van der Waals surface area contributed by atoms with E-state index in [4.69, 9.17) is 9.88 Å². The first-order chi connectivity index (χ1) is 17.9. The predicted octanol–water partition coefficient (Wildman–Crippen LogP) is 2.22. The van der Waals surface area contributed by atoms with Crippen molar-refractivity contribution in [2.45, 2.75) is 54.5 Å². The summed E-state index contributed by atoms with van der Waals surface area (Å²) in [6, 6.07) is 9.61. The summed E-state index contributed by atoms with van der Waals surface area (Å²) in [4.78, 5) is 29.3. The lowest BCUT2D eigenvalue weighted by molar-refractivity contribution is -0.141. The summed E-state index contributed by atoms with van der Waals surface area (Å²) in [6.45, 7) is -0.262. The van der Waals surface area contributed by atoms with Crippen molar-refractivity contribution in [3.63, 3.8) is 0 Å². The average Bonchev–Trinajstić information content (AvgIpc) is 3.23. The van der Waals surface area contributed by atoms with Gasteiger partial charge >= 0.3 is 5.97 Å². The van der Waals surface area contributed by atoms with E-state index in [1.807, 2.05) is 0 Å². The molecule has 1 aromatic heterocycles. The Balaban J connectivity index is 1.68. The second kappa shape index (κ2) is 11.1. The number of primary sulfonamides is 1. The van der Waals surface area contributed by atoms with Crippen LogP contribution in [0.3, 0.4) is 0 Å². The Morgan fingerprint density at radius 3 is 2.29 bits per heavy atom. The molecule has 14 heteroatoms. The third-order valence-corrected chi connectivity index (χ3v) is 10.4. The Hall–Kier alpha value is -2.91. The minimum absolute atomic E-state index is 0.0435. The van der Waals surface area contributed by atoms with Gasteiger partial charge in [-0.2, -0.15) is 9.30 Å². The fourth-order valence-electron chi connectivity index (χ4n) is 4.39. The van der Waals surface area contributed by atoms with Gasteiger partial charge in [0.05, 0.1) is 27.1 Å². The molecule has 3 aromatic rings. The second-order valence-electron chi connectivity index (χ2n) is 8.98. The highest BCUT2D eigenvalue weighted by molar-refractivity contribution is 7.89. The van der Waals surface area contributed by atoms with Crippen molar-refractivity contribution in [3.05, 3.63) is 52.8 Å². The molecule has 0 bridgehead atoms. The highest BCUT2D eigenvalue weighted by Gasteiger charge is 2.29. The van der Waals surface area contributed by atoms with Crippen LogP contribution >= 0.6 is 11.3 Å². The third-order valence-electron chi connectivity index (χ3n) is 6.56. The maximum atomic E-state index is 13.1. The highest BCUT2D eigenvalue weighted by Crippen LogP contribution is 2.27. The minimum Gasteiger partial charge on any atom is -0.468 e. The number of carbonyl (C=O) groups is 2. The van der Waals surface area contributed by atoms with E-state index in [1.54, 1.807) is 7.05 Å². The minimum atomic E-state index is -3.97. The predicted molar refractivity (Wildman–Crippen MR) is 141 cm³/mol. The van der Waals surface area contributed by atoms with E-state index in [1.165, 1.54) is 58.4 Å². The molecule has 1 fully saturated rings. The molecule has 4 rings (SSSR count). The number of thiazole rings is 1. The van der Waals surface area contributed by atoms with Crippen molar-refractivity contribution >= 4 is 53.5 Å². The Morgan fingerprint density at radius 2 is 1.68 bits per heavy atom. The lowest BCUT2D eigenvalue weighted by Gasteiger charge is -2.30. The molecule has 2 N–H and O–H groups in total. The van der Waals surface area contributed by atoms with Gasteiger partial charge in [0.15, 0.2) is 4.80 Å². The van der Waals surface area contributed by atoms with Crippen molar-refractivity contribution in [1.29, 1.82) is 0 Å². The van der Waals surface area contributed by atoms with Gasteiger partial charge in [-0.1, -0.05) is 30.6 Å². The number of benzene rings is 2. The molecule has 0 atom stereocenters. The third kappa shape index (κ3) is 5.89. The summed E-state index contributed by atoms with van der Waals surface area (Å²) in [7, 11) is -4.88. The maximum absolute atomic E-state index is 13.1. The van der Waals surface area contributed by atoms with Gasteiger partial charge in [0, 0.05) is 18.7 Å². The zero-order valence-electron chi connectivity index (χ0n) is 20.9. The van der Waals surface area contributed by atoms with Gasteiger partial charge in [-0.05, 0) is 55.3 Å². The molecule has 0 spiro atoms. The van der Waals surface area contributed by atoms with Crippen LogP contribution in [0.4, 0.5) is 0 Å². The molecule has 2 aromatic carbocycles. The van der Waals surface area contributed by atoms with Crippen LogP contribution in [0.5, 0.6) is 0 Å². The summed E-state index contributed by atoms with van der Waals surface area (Å²) < 4.78 is 57.8. The number of fused-ring (bicyclic) bond motifs is 1. The van der Waals surface area contributed by atoms with E-state index in [0.29, 0.717) is 10.2 Å². The van der Waals surface area contributed by atoms with E-state index in [0.717, 1.165) is 43.4 Å². The number of esters is 1. The summed E-state index contributed by atoms with van der Waals surface area (Å²) in [5.41, 5.74) is 0.614. The van der Waals surface area contributed by atoms with E-state index >= 15 is 0 Å². The van der Waals surface area contributed by atoms with Crippen molar-refractivity contribution < 1.29 is 31.2 Å². The molecule has 204 valence electrons. The number of amides is 1. The first-order valence-electron chi connectivity index (χ1n) is 11.8. The molecular formula is C24H28N4O7S3. The maximum Gasteiger partial charge on any atom is 0.325 e. The topological polar surface area (TPSA) is 158 Å². The monoisotopic (exact) mass is 580 g/mol. The number of hydrogen-bond acceptors (Lipinski definition) is 8. The van der Waals surface area contributed by atoms with Gasteiger partial charge < -0.3 is 9.30 Å². The molecule has 1 aliphatic carbocycles. The fraction of sp³-hybridized carbons (Fsp3) is 0.375. The number of nitrogens with two attached hydrogens (primary N) is 1. The molecule has 1 heterocycles. The first kappa shape index (κ1) is 28.1. The highest BCUT2D eigenvalue weighted by atomic mass is 32.2. The fourth-order valence-corrected chi connectivity index (χ4v) is 7.49. The van der Waals surface area contributed by atoms with E-state index in [2.05, 4.69) is 4.99 Å². The number of rotatable bonds is 7. The van der Waals surface area contributed by atoms with Crippen molar-refractivity contribution in [2.24, 2.45) is 10.1 Å². The smallest absolute Gasteiger partial charge is 0.325 e. The Bertz CT molecular complexity index is 1650. The normalized spacial score (nSPS) is 15.7. The molecule has 1 amide bonds. The number of nitrogens with zero attached hydrogens (tertiary/aromatic N) is 3. The van der Waals surface area contributed by atoms with Crippen LogP contribution in [0.2, 0.25) is 0 Å². The molecule has 0 saturated heterocycles. The van der Waals surface area contributed by atoms with Crippen molar-refractivity contribution in [3.8, 4) is 0 Å². The first-order valence-corrected chi connectivity index (χ1v) is 15.6. The molecule has 1 aliphatic rings. The average molecular weight is 581 g/mol. The number of carbonyl (C=O) groups excluding carboxylic acids is 2. The van der Waals surface area contributed by atoms with E-state index < -0.39 is 31.9 Å². The number of aromatic nitrogens is 1. The summed E-state index contributed by atoms with van der Waals surface area (Å²) in [5.74, 6) is -1.25. The Morgan fingerprint density at radius 1 is 1.05 bits per heavy atom. The molecular weight excluding hydrogens is 552 g/mol. The SMILES string of the molecule is COC(=O)Cn1c(=NC(=O)c2ccc(S(=O)(=O)N(C)C3CCCCC3)cc2)sc2cc(S(N)(=O)=O)ccc21. The largest absolute Gasteiger partial charge is 0.468 e. The van der Waals surface area contributed by atoms with Gasteiger partial charge in [-0.15, -0.1) is 0 Å². The second-order valence-corrected chi connectivity index (χ2v) is 13.5. The van der Waals surface area contributed by atoms with Crippen LogP contribution in [0, 0.1) is 0 Å². The van der Waals surface area contributed by atoms with E-state index in [-0.39, 0.29) is 32.7 Å². The summed E-state index contributed by atoms with van der Waals surface area (Å²) >= 11 is 1.00. The number of sulfonamides is 2. The van der Waals surface area contributed by atoms with Crippen LogP contribution in [0.1, 0.15) is 42.5 Å². The number of ether oxygens (including phenoxy) is 1. The Kier molecular flexibility index (Phi) is 8.18. The van der Waals surface area contributed by atoms with Gasteiger partial charge in [-0.3, -0.25) is 9.59 Å². The van der Waals surface area contributed by atoms with Crippen LogP contribution in [-0.4, -0.2) is 57.8 Å². The van der Waals surface area contributed by atoms with Gasteiger partial charge in [-0.25, -0.2) is 22.0 Å². The molecule has 11 nitrogen and oxygen atoms in total. The van der Waals surface area contributed by atoms with Crippen LogP contribution < -0.4 is 9.94 Å². The Labute approximate surface area is 224 Å². The van der Waals surface area contributed by atoms with Crippen LogP contribution in [0.15, 0.2) is 57.2 Å². The van der Waals surface area contributed by atoms with Crippen molar-refractivity contribution in [1.82, 2.24) is 8.87 Å². The summed E-state index contributed by atoms with van der Waals surface area (Å²) in [5, 5.41) is 5.23. The molecule has 0 radical (unpaired) electrons. The van der Waals surface area contributed by atoms with Gasteiger partial charge in [0.25, 0.3) is 5.91 Å². The quantitative estimate of drug-likeness (QED) is 0.420. The summed E-state index contributed by atoms with van der Waals surface area (Å²) in [6.07, 6.45) is 4.75. The molecule has 38 heavy (non-hydrogen) atoms. The van der Waals surface area contributed by atoms with Gasteiger partial charge in [0.2, 0.25) is 20.0 Å². The zero-order chi connectivity index (χ0) is 27.7. The molecule has 1 saturated carbocycles. The van der Waals surface area contributed by atoms with Crippen LogP contribution in [-0.2, 0) is 36.1 Å². The standard InChI is InChI=1S/C24H28N4O7S3/c1-27(17-6-4-3-5-7-17)38(33,34)18-10-8-16(9-11-18)23(30)26-24-28(15-22(29)35-2)20-13-12-19(37(25,31)32)14-21(20)36-24/h8-14,17H,3-7,15H2,1-2H3,(H2,25,31,32). The molecule has 0 unspecified atom stereocenters. The number of methoxy groups -OCH3 is 1. The van der Waals surface area contributed by atoms with Gasteiger partial charge in [0.1, 0.15) is 6.54 Å². The van der Waals surface area contributed by atoms with E-state index in [9.17, 15) is 26.4 Å². The number of hydrogen-bond donors (Lipinski definition) is 1. The lowest BCUT2D eigenvalue weighted by atomic mass is 9.96. The lowest BCUT2D eigenvalue weighted by Crippen LogP contribution is -2.38. The zero-order valence-corrected chi connectivity index (χ0v) is 23.3. The van der Waals surface area contributed by atoms with Crippen molar-refractivity contribution in [2.75, 3.05) is 14.2 Å². The van der Waals surface area contributed by atoms with Crippen LogP contribution in [0.25, 0.3) is 10.2 Å².